The van der Waals surface area contributed by atoms with Crippen LogP contribution in [0, 0.1) is 11.3 Å². The van der Waals surface area contributed by atoms with Crippen LogP contribution in [0.5, 0.6) is 0 Å². The maximum Gasteiger partial charge on any atom is 0.253 e. The largest absolute Gasteiger partial charge is 0.339 e. The van der Waals surface area contributed by atoms with Crippen LogP contribution in [0.1, 0.15) is 54.4 Å². The number of rotatable bonds is 8. The normalized spacial score (nSPS) is 13.7. The van der Waals surface area contributed by atoms with Gasteiger partial charge in [-0.25, -0.2) is 5.48 Å². The second kappa shape index (κ2) is 11.0. The molecule has 1 aliphatic heterocycles. The van der Waals surface area contributed by atoms with Gasteiger partial charge in [-0.2, -0.15) is 5.26 Å². The molecule has 1 fully saturated rings. The minimum Gasteiger partial charge on any atom is -0.339 e. The highest BCUT2D eigenvalue weighted by molar-refractivity contribution is 5.94. The van der Waals surface area contributed by atoms with Crippen molar-refractivity contribution in [3.05, 3.63) is 35.4 Å². The Bertz CT molecular complexity index is 719. The van der Waals surface area contributed by atoms with E-state index in [1.165, 1.54) is 0 Å². The predicted molar refractivity (Wildman–Crippen MR) is 101 cm³/mol. The summed E-state index contributed by atoms with van der Waals surface area (Å²) in [6.07, 6.45) is 3.92. The summed E-state index contributed by atoms with van der Waals surface area (Å²) in [5.74, 6) is -0.369. The quantitative estimate of drug-likeness (QED) is 0.401. The van der Waals surface area contributed by atoms with Gasteiger partial charge >= 0.3 is 0 Å². The number of hydroxylamine groups is 1. The molecule has 8 nitrogen and oxygen atoms in total. The Hall–Kier alpha value is -2.92. The molecule has 1 heterocycles. The van der Waals surface area contributed by atoms with Crippen molar-refractivity contribution < 1.29 is 19.6 Å². The summed E-state index contributed by atoms with van der Waals surface area (Å²) >= 11 is 0. The maximum atomic E-state index is 12.5. The first kappa shape index (κ1) is 21.4. The average molecular weight is 386 g/mol. The highest BCUT2D eigenvalue weighted by Gasteiger charge is 2.24. The Morgan fingerprint density at radius 2 is 1.50 bits per heavy atom. The fourth-order valence-electron chi connectivity index (χ4n) is 3.16. The van der Waals surface area contributed by atoms with Gasteiger partial charge in [0.2, 0.25) is 11.8 Å². The second-order valence-electron chi connectivity index (χ2n) is 6.81. The van der Waals surface area contributed by atoms with E-state index in [0.29, 0.717) is 56.6 Å². The summed E-state index contributed by atoms with van der Waals surface area (Å²) in [6.45, 7) is 2.05. The van der Waals surface area contributed by atoms with Gasteiger partial charge in [0.25, 0.3) is 5.91 Å². The first-order valence-corrected chi connectivity index (χ1v) is 9.55. The molecule has 0 aromatic heterocycles. The summed E-state index contributed by atoms with van der Waals surface area (Å²) in [5.41, 5.74) is 2.67. The number of benzene rings is 1. The molecule has 28 heavy (non-hydrogen) atoms. The smallest absolute Gasteiger partial charge is 0.253 e. The average Bonchev–Trinajstić information content (AvgIpc) is 2.75. The van der Waals surface area contributed by atoms with Crippen LogP contribution in [-0.2, 0) is 9.59 Å². The molecule has 1 aliphatic rings. The zero-order valence-corrected chi connectivity index (χ0v) is 15.9. The molecule has 0 spiro atoms. The van der Waals surface area contributed by atoms with Crippen LogP contribution in [-0.4, -0.2) is 58.9 Å². The van der Waals surface area contributed by atoms with E-state index < -0.39 is 0 Å². The number of nitriles is 1. The molecular formula is C20H26N4O4. The van der Waals surface area contributed by atoms with Crippen molar-refractivity contribution in [3.63, 3.8) is 0 Å². The van der Waals surface area contributed by atoms with Gasteiger partial charge in [-0.15, -0.1) is 0 Å². The number of piperazine rings is 1. The summed E-state index contributed by atoms with van der Waals surface area (Å²) in [4.78, 5) is 39.2. The van der Waals surface area contributed by atoms with Gasteiger partial charge < -0.3 is 9.80 Å². The van der Waals surface area contributed by atoms with Crippen LogP contribution in [0.2, 0.25) is 0 Å². The number of nitrogens with zero attached hydrogens (tertiary/aromatic N) is 3. The molecule has 1 aromatic carbocycles. The minimum atomic E-state index is -0.385. The number of nitrogens with one attached hydrogen (secondary N) is 1. The van der Waals surface area contributed by atoms with Crippen molar-refractivity contribution in [2.24, 2.45) is 0 Å². The number of hydrogen-bond donors (Lipinski definition) is 2. The number of carbonyl (C=O) groups excluding carboxylic acids is 3. The van der Waals surface area contributed by atoms with Crippen LogP contribution in [0.3, 0.4) is 0 Å². The lowest BCUT2D eigenvalue weighted by molar-refractivity contribution is -0.133. The van der Waals surface area contributed by atoms with Crippen LogP contribution in [0.4, 0.5) is 0 Å². The lowest BCUT2D eigenvalue weighted by Crippen LogP contribution is -2.50. The highest BCUT2D eigenvalue weighted by atomic mass is 16.5. The number of carbonyl (C=O) groups is 3. The molecule has 0 atom stereocenters. The maximum absolute atomic E-state index is 12.5. The van der Waals surface area contributed by atoms with E-state index in [9.17, 15) is 14.4 Å². The Morgan fingerprint density at radius 3 is 2.07 bits per heavy atom. The van der Waals surface area contributed by atoms with Crippen LogP contribution in [0.25, 0.3) is 0 Å². The Balaban J connectivity index is 1.66. The first-order chi connectivity index (χ1) is 13.5. The minimum absolute atomic E-state index is 0.0801. The van der Waals surface area contributed by atoms with E-state index in [4.69, 9.17) is 10.5 Å². The van der Waals surface area contributed by atoms with Crippen molar-refractivity contribution in [2.45, 2.75) is 38.5 Å². The topological polar surface area (TPSA) is 114 Å². The molecule has 0 unspecified atom stereocenters. The third kappa shape index (κ3) is 6.35. The van der Waals surface area contributed by atoms with Crippen molar-refractivity contribution in [3.8, 4) is 6.07 Å². The van der Waals surface area contributed by atoms with Crippen molar-refractivity contribution in [1.82, 2.24) is 15.3 Å². The summed E-state index contributed by atoms with van der Waals surface area (Å²) in [5, 5.41) is 17.2. The lowest BCUT2D eigenvalue weighted by Gasteiger charge is -2.35. The molecule has 2 N–H and O–H groups in total. The fraction of sp³-hybridized carbons (Fsp3) is 0.500. The number of amides is 3. The molecule has 3 amide bonds. The Morgan fingerprint density at radius 1 is 0.929 bits per heavy atom. The molecule has 2 rings (SSSR count). The van der Waals surface area contributed by atoms with E-state index in [1.807, 2.05) is 6.07 Å². The molecule has 1 aromatic rings. The molecule has 0 saturated carbocycles. The van der Waals surface area contributed by atoms with Gasteiger partial charge in [0.15, 0.2) is 0 Å². The molecule has 0 radical (unpaired) electrons. The fourth-order valence-corrected chi connectivity index (χ4v) is 3.16. The van der Waals surface area contributed by atoms with E-state index in [0.717, 1.165) is 19.3 Å². The second-order valence-corrected chi connectivity index (χ2v) is 6.81. The standard InChI is InChI=1S/C20H26N4O4/c21-15-16-7-9-17(10-8-16)20(27)24-13-11-23(12-14-24)19(26)6-4-2-1-3-5-18(25)22-28/h7-10,28H,1-6,11-14H2,(H,22,25). The van der Waals surface area contributed by atoms with Gasteiger partial charge in [0.05, 0.1) is 11.6 Å². The monoisotopic (exact) mass is 386 g/mol. The van der Waals surface area contributed by atoms with E-state index in [1.54, 1.807) is 39.5 Å². The molecule has 0 aliphatic carbocycles. The zero-order chi connectivity index (χ0) is 20.4. The molecule has 0 bridgehead atoms. The zero-order valence-electron chi connectivity index (χ0n) is 15.9. The van der Waals surface area contributed by atoms with Gasteiger partial charge in [-0.3, -0.25) is 19.6 Å². The van der Waals surface area contributed by atoms with Gasteiger partial charge in [0, 0.05) is 44.6 Å². The van der Waals surface area contributed by atoms with E-state index >= 15 is 0 Å². The SMILES string of the molecule is N#Cc1ccc(C(=O)N2CCN(C(=O)CCCCCCC(=O)NO)CC2)cc1. The summed E-state index contributed by atoms with van der Waals surface area (Å²) in [6, 6.07) is 8.60. The summed E-state index contributed by atoms with van der Waals surface area (Å²) < 4.78 is 0. The van der Waals surface area contributed by atoms with E-state index in [-0.39, 0.29) is 17.7 Å². The van der Waals surface area contributed by atoms with Crippen LogP contribution >= 0.6 is 0 Å². The van der Waals surface area contributed by atoms with Crippen molar-refractivity contribution in [2.75, 3.05) is 26.2 Å². The summed E-state index contributed by atoms with van der Waals surface area (Å²) in [7, 11) is 0. The Labute approximate surface area is 164 Å². The highest BCUT2D eigenvalue weighted by Crippen LogP contribution is 2.12. The molecule has 150 valence electrons. The number of hydrogen-bond acceptors (Lipinski definition) is 5. The van der Waals surface area contributed by atoms with Gasteiger partial charge in [-0.1, -0.05) is 12.8 Å². The van der Waals surface area contributed by atoms with Crippen molar-refractivity contribution in [1.29, 1.82) is 5.26 Å². The Kier molecular flexibility index (Phi) is 8.43. The van der Waals surface area contributed by atoms with E-state index in [2.05, 4.69) is 0 Å². The lowest BCUT2D eigenvalue weighted by atomic mass is 10.1. The molecule has 1 saturated heterocycles. The number of unbranched alkanes of at least 4 members (excludes halogenated alkanes) is 3. The predicted octanol–water partition coefficient (Wildman–Crippen LogP) is 1.69. The van der Waals surface area contributed by atoms with Crippen molar-refractivity contribution >= 4 is 17.7 Å². The van der Waals surface area contributed by atoms with Gasteiger partial charge in [-0.05, 0) is 37.1 Å². The van der Waals surface area contributed by atoms with Gasteiger partial charge in [0.1, 0.15) is 0 Å². The van der Waals surface area contributed by atoms with Crippen LogP contribution in [0.15, 0.2) is 24.3 Å². The third-order valence-electron chi connectivity index (χ3n) is 4.85. The molecular weight excluding hydrogens is 360 g/mol. The molecule has 8 heteroatoms. The van der Waals surface area contributed by atoms with Crippen LogP contribution < -0.4 is 5.48 Å². The third-order valence-corrected chi connectivity index (χ3v) is 4.85. The first-order valence-electron chi connectivity index (χ1n) is 9.55.